The highest BCUT2D eigenvalue weighted by molar-refractivity contribution is 5.69. The summed E-state index contributed by atoms with van der Waals surface area (Å²) in [6.07, 6.45) is 0.393. The van der Waals surface area contributed by atoms with E-state index in [-0.39, 0.29) is 18.2 Å². The molecule has 0 spiro atoms. The van der Waals surface area contributed by atoms with E-state index in [1.165, 1.54) is 0 Å². The largest absolute Gasteiger partial charge is 0.444 e. The standard InChI is InChI=1S/C12H24N2O3/c1-5-13-12(6-7-15)8-14(9-12)10(16)17-11(2,3)4/h13,15H,5-9H2,1-4H3. The van der Waals surface area contributed by atoms with E-state index in [2.05, 4.69) is 5.32 Å². The van der Waals surface area contributed by atoms with Crippen LogP contribution in [0.4, 0.5) is 4.79 Å². The highest BCUT2D eigenvalue weighted by Gasteiger charge is 2.45. The van der Waals surface area contributed by atoms with E-state index in [9.17, 15) is 4.79 Å². The van der Waals surface area contributed by atoms with E-state index in [0.29, 0.717) is 19.5 Å². The maximum Gasteiger partial charge on any atom is 0.410 e. The zero-order chi connectivity index (χ0) is 13.1. The quantitative estimate of drug-likeness (QED) is 0.773. The van der Waals surface area contributed by atoms with Gasteiger partial charge in [0.05, 0.1) is 5.54 Å². The smallest absolute Gasteiger partial charge is 0.410 e. The zero-order valence-electron chi connectivity index (χ0n) is 11.2. The normalized spacial score (nSPS) is 18.8. The van der Waals surface area contributed by atoms with Gasteiger partial charge in [0.25, 0.3) is 0 Å². The first-order valence-electron chi connectivity index (χ1n) is 6.16. The summed E-state index contributed by atoms with van der Waals surface area (Å²) in [5.41, 5.74) is -0.578. The molecule has 5 heteroatoms. The molecule has 0 aromatic heterocycles. The van der Waals surface area contributed by atoms with Gasteiger partial charge in [-0.2, -0.15) is 0 Å². The van der Waals surface area contributed by atoms with Crippen LogP contribution in [0.15, 0.2) is 0 Å². The number of nitrogens with zero attached hydrogens (tertiary/aromatic N) is 1. The van der Waals surface area contributed by atoms with Crippen molar-refractivity contribution in [1.82, 2.24) is 10.2 Å². The van der Waals surface area contributed by atoms with Crippen LogP contribution in [-0.4, -0.2) is 53.5 Å². The first-order valence-corrected chi connectivity index (χ1v) is 6.16. The van der Waals surface area contributed by atoms with Crippen molar-refractivity contribution in [2.45, 2.75) is 45.3 Å². The first kappa shape index (κ1) is 14.3. The number of carbonyl (C=O) groups excluding carboxylic acids is 1. The average molecular weight is 244 g/mol. The molecule has 1 fully saturated rings. The fraction of sp³-hybridized carbons (Fsp3) is 0.917. The number of likely N-dealkylation sites (tertiary alicyclic amines) is 1. The van der Waals surface area contributed by atoms with Gasteiger partial charge in [-0.1, -0.05) is 6.92 Å². The number of carbonyl (C=O) groups is 1. The van der Waals surface area contributed by atoms with Crippen LogP contribution in [0.1, 0.15) is 34.1 Å². The Morgan fingerprint density at radius 2 is 2.06 bits per heavy atom. The Bertz CT molecular complexity index is 259. The maximum absolute atomic E-state index is 11.8. The van der Waals surface area contributed by atoms with Crippen molar-refractivity contribution in [3.63, 3.8) is 0 Å². The minimum atomic E-state index is -0.454. The highest BCUT2D eigenvalue weighted by Crippen LogP contribution is 2.26. The lowest BCUT2D eigenvalue weighted by molar-refractivity contribution is -0.0218. The lowest BCUT2D eigenvalue weighted by atomic mass is 9.87. The van der Waals surface area contributed by atoms with Crippen molar-refractivity contribution in [1.29, 1.82) is 0 Å². The van der Waals surface area contributed by atoms with Gasteiger partial charge in [-0.05, 0) is 33.7 Å². The fourth-order valence-corrected chi connectivity index (χ4v) is 2.09. The van der Waals surface area contributed by atoms with Crippen LogP contribution >= 0.6 is 0 Å². The second kappa shape index (κ2) is 5.23. The van der Waals surface area contributed by atoms with Crippen LogP contribution in [0.5, 0.6) is 0 Å². The summed E-state index contributed by atoms with van der Waals surface area (Å²) < 4.78 is 5.29. The predicted molar refractivity (Wildman–Crippen MR) is 65.9 cm³/mol. The van der Waals surface area contributed by atoms with Crippen molar-refractivity contribution < 1.29 is 14.6 Å². The van der Waals surface area contributed by atoms with Gasteiger partial charge in [-0.3, -0.25) is 0 Å². The molecule has 0 aromatic rings. The van der Waals surface area contributed by atoms with Gasteiger partial charge in [0, 0.05) is 19.7 Å². The Labute approximate surface area is 103 Å². The van der Waals surface area contributed by atoms with Crippen molar-refractivity contribution in [2.75, 3.05) is 26.2 Å². The lowest BCUT2D eigenvalue weighted by Gasteiger charge is -2.50. The van der Waals surface area contributed by atoms with Crippen molar-refractivity contribution in [3.05, 3.63) is 0 Å². The van der Waals surface area contributed by atoms with E-state index in [1.807, 2.05) is 27.7 Å². The molecule has 1 heterocycles. The van der Waals surface area contributed by atoms with Gasteiger partial charge in [0.2, 0.25) is 0 Å². The fourth-order valence-electron chi connectivity index (χ4n) is 2.09. The molecule has 1 aliphatic heterocycles. The monoisotopic (exact) mass is 244 g/mol. The molecule has 0 atom stereocenters. The van der Waals surface area contributed by atoms with Crippen LogP contribution < -0.4 is 5.32 Å². The number of likely N-dealkylation sites (N-methyl/N-ethyl adjacent to an activating group) is 1. The van der Waals surface area contributed by atoms with Crippen LogP contribution in [0.2, 0.25) is 0 Å². The third kappa shape index (κ3) is 3.85. The molecule has 0 saturated carbocycles. The Balaban J connectivity index is 2.45. The Morgan fingerprint density at radius 1 is 1.47 bits per heavy atom. The van der Waals surface area contributed by atoms with Gasteiger partial charge in [0.1, 0.15) is 5.60 Å². The average Bonchev–Trinajstić information content (AvgIpc) is 2.10. The number of nitrogens with one attached hydrogen (secondary N) is 1. The van der Waals surface area contributed by atoms with E-state index in [1.54, 1.807) is 4.90 Å². The summed E-state index contributed by atoms with van der Waals surface area (Å²) in [5, 5.41) is 12.4. The number of hydrogen-bond donors (Lipinski definition) is 2. The van der Waals surface area contributed by atoms with Crippen LogP contribution in [0, 0.1) is 0 Å². The zero-order valence-corrected chi connectivity index (χ0v) is 11.2. The number of rotatable bonds is 4. The molecule has 0 aromatic carbocycles. The summed E-state index contributed by atoms with van der Waals surface area (Å²) in [4.78, 5) is 13.4. The molecule has 0 aliphatic carbocycles. The molecule has 0 radical (unpaired) electrons. The van der Waals surface area contributed by atoms with E-state index in [4.69, 9.17) is 9.84 Å². The van der Waals surface area contributed by atoms with E-state index in [0.717, 1.165) is 6.54 Å². The second-order valence-corrected chi connectivity index (χ2v) is 5.62. The molecule has 1 aliphatic rings. The molecule has 0 bridgehead atoms. The summed E-state index contributed by atoms with van der Waals surface area (Å²) in [6.45, 7) is 9.78. The number of hydrogen-bond acceptors (Lipinski definition) is 4. The molecule has 100 valence electrons. The van der Waals surface area contributed by atoms with Crippen LogP contribution in [-0.2, 0) is 4.74 Å². The maximum atomic E-state index is 11.8. The van der Waals surface area contributed by atoms with Gasteiger partial charge in [-0.15, -0.1) is 0 Å². The summed E-state index contributed by atoms with van der Waals surface area (Å²) in [7, 11) is 0. The van der Waals surface area contributed by atoms with Gasteiger partial charge < -0.3 is 20.1 Å². The summed E-state index contributed by atoms with van der Waals surface area (Å²) in [5.74, 6) is 0. The molecule has 0 unspecified atom stereocenters. The molecule has 17 heavy (non-hydrogen) atoms. The van der Waals surface area contributed by atoms with Crippen molar-refractivity contribution in [2.24, 2.45) is 0 Å². The Morgan fingerprint density at radius 3 is 2.47 bits per heavy atom. The third-order valence-electron chi connectivity index (χ3n) is 2.78. The Kier molecular flexibility index (Phi) is 4.38. The molecular formula is C12H24N2O3. The molecular weight excluding hydrogens is 220 g/mol. The molecule has 1 rings (SSSR count). The molecule has 5 nitrogen and oxygen atoms in total. The van der Waals surface area contributed by atoms with Crippen molar-refractivity contribution in [3.8, 4) is 0 Å². The number of amides is 1. The summed E-state index contributed by atoms with van der Waals surface area (Å²) in [6, 6.07) is 0. The first-order chi connectivity index (χ1) is 7.82. The van der Waals surface area contributed by atoms with E-state index >= 15 is 0 Å². The van der Waals surface area contributed by atoms with Crippen molar-refractivity contribution >= 4 is 6.09 Å². The summed E-state index contributed by atoms with van der Waals surface area (Å²) >= 11 is 0. The number of aliphatic hydroxyl groups is 1. The molecule has 1 saturated heterocycles. The van der Waals surface area contributed by atoms with Gasteiger partial charge >= 0.3 is 6.09 Å². The topological polar surface area (TPSA) is 61.8 Å². The lowest BCUT2D eigenvalue weighted by Crippen LogP contribution is -2.70. The van der Waals surface area contributed by atoms with Gasteiger partial charge in [-0.25, -0.2) is 4.79 Å². The van der Waals surface area contributed by atoms with Gasteiger partial charge in [0.15, 0.2) is 0 Å². The van der Waals surface area contributed by atoms with Crippen LogP contribution in [0.3, 0.4) is 0 Å². The SMILES string of the molecule is CCNC1(CCO)CN(C(=O)OC(C)(C)C)C1. The number of aliphatic hydroxyl groups excluding tert-OH is 1. The van der Waals surface area contributed by atoms with Crippen LogP contribution in [0.25, 0.3) is 0 Å². The molecule has 2 N–H and O–H groups in total. The minimum absolute atomic E-state index is 0.125. The second-order valence-electron chi connectivity index (χ2n) is 5.62. The minimum Gasteiger partial charge on any atom is -0.444 e. The predicted octanol–water partition coefficient (Wildman–Crippen LogP) is 0.968. The number of ether oxygens (including phenoxy) is 1. The van der Waals surface area contributed by atoms with E-state index < -0.39 is 5.60 Å². The Hall–Kier alpha value is -0.810. The third-order valence-corrected chi connectivity index (χ3v) is 2.78. The molecule has 1 amide bonds. The highest BCUT2D eigenvalue weighted by atomic mass is 16.6.